The number of rotatable bonds is 9. The fourth-order valence-electron chi connectivity index (χ4n) is 3.90. The van der Waals surface area contributed by atoms with Crippen molar-refractivity contribution in [2.75, 3.05) is 26.8 Å². The van der Waals surface area contributed by atoms with E-state index in [1.54, 1.807) is 18.4 Å². The minimum Gasteiger partial charge on any atom is -0.493 e. The Hall–Kier alpha value is -2.12. The number of piperidine rings is 1. The molecule has 0 aliphatic carbocycles. The van der Waals surface area contributed by atoms with Crippen LogP contribution in [0.4, 0.5) is 0 Å². The van der Waals surface area contributed by atoms with Gasteiger partial charge in [-0.25, -0.2) is 4.98 Å². The van der Waals surface area contributed by atoms with E-state index in [-0.39, 0.29) is 11.9 Å². The average molecular weight is 418 g/mol. The Morgan fingerprint density at radius 3 is 2.93 bits per heavy atom. The van der Waals surface area contributed by atoms with Crippen molar-refractivity contribution in [2.45, 2.75) is 45.7 Å². The monoisotopic (exact) mass is 417 g/mol. The van der Waals surface area contributed by atoms with Crippen LogP contribution in [0.25, 0.3) is 0 Å². The third-order valence-corrected chi connectivity index (χ3v) is 6.16. The Morgan fingerprint density at radius 2 is 2.24 bits per heavy atom. The van der Waals surface area contributed by atoms with Crippen LogP contribution in [-0.2, 0) is 11.3 Å². The highest BCUT2D eigenvalue weighted by molar-refractivity contribution is 7.09. The van der Waals surface area contributed by atoms with Gasteiger partial charge in [-0.2, -0.15) is 0 Å². The van der Waals surface area contributed by atoms with Gasteiger partial charge in [0.25, 0.3) is 0 Å². The van der Waals surface area contributed by atoms with Gasteiger partial charge in [0.15, 0.2) is 11.5 Å². The van der Waals surface area contributed by atoms with Gasteiger partial charge >= 0.3 is 0 Å². The number of hydrogen-bond donors (Lipinski definition) is 1. The van der Waals surface area contributed by atoms with E-state index in [0.717, 1.165) is 49.0 Å². The smallest absolute Gasteiger partial charge is 0.220 e. The topological polar surface area (TPSA) is 63.7 Å². The maximum atomic E-state index is 12.1. The van der Waals surface area contributed by atoms with Crippen LogP contribution in [0.15, 0.2) is 29.8 Å². The Morgan fingerprint density at radius 1 is 1.38 bits per heavy atom. The van der Waals surface area contributed by atoms with Crippen molar-refractivity contribution >= 4 is 17.2 Å². The summed E-state index contributed by atoms with van der Waals surface area (Å²) in [4.78, 5) is 19.1. The molecule has 0 spiro atoms. The van der Waals surface area contributed by atoms with E-state index in [9.17, 15) is 4.79 Å². The Kier molecular flexibility index (Phi) is 7.89. The van der Waals surface area contributed by atoms with Crippen molar-refractivity contribution in [1.82, 2.24) is 15.2 Å². The largest absolute Gasteiger partial charge is 0.493 e. The molecule has 2 heterocycles. The van der Waals surface area contributed by atoms with Crippen LogP contribution < -0.4 is 14.8 Å². The minimum absolute atomic E-state index is 0.0138. The zero-order valence-corrected chi connectivity index (χ0v) is 18.3. The molecule has 158 valence electrons. The molecule has 0 saturated carbocycles. The highest BCUT2D eigenvalue weighted by atomic mass is 32.1. The zero-order valence-electron chi connectivity index (χ0n) is 17.5. The van der Waals surface area contributed by atoms with E-state index in [0.29, 0.717) is 18.9 Å². The zero-order chi connectivity index (χ0) is 20.6. The molecule has 0 radical (unpaired) electrons. The second kappa shape index (κ2) is 10.6. The molecule has 1 N–H and O–H groups in total. The van der Waals surface area contributed by atoms with Crippen LogP contribution in [0.2, 0.25) is 0 Å². The number of likely N-dealkylation sites (tertiary alicyclic amines) is 1. The summed E-state index contributed by atoms with van der Waals surface area (Å²) in [6.45, 7) is 7.32. The quantitative estimate of drug-likeness (QED) is 0.667. The Labute approximate surface area is 177 Å². The summed E-state index contributed by atoms with van der Waals surface area (Å²) in [6, 6.07) is 6.14. The molecule has 1 saturated heterocycles. The molecular formula is C22H31N3O3S. The highest BCUT2D eigenvalue weighted by Crippen LogP contribution is 2.33. The lowest BCUT2D eigenvalue weighted by Gasteiger charge is -2.36. The minimum atomic E-state index is -0.0138. The standard InChI is InChI=1S/C22H31N3O3S/c1-4-20(26)24-21(22-23-10-12-29-22)17-7-6-11-25(15-17)14-16-8-9-18(28-5-2)19(13-16)27-3/h8-10,12-13,17,21H,4-7,11,14-15H2,1-3H3,(H,24,26)/t17-,21+/m0/s1. The normalized spacial score (nSPS) is 18.2. The summed E-state index contributed by atoms with van der Waals surface area (Å²) < 4.78 is 11.1. The molecule has 7 heteroatoms. The van der Waals surface area contributed by atoms with Crippen molar-refractivity contribution in [3.63, 3.8) is 0 Å². The van der Waals surface area contributed by atoms with Gasteiger partial charge in [0.1, 0.15) is 5.01 Å². The maximum Gasteiger partial charge on any atom is 0.220 e. The number of aromatic nitrogens is 1. The fraction of sp³-hybridized carbons (Fsp3) is 0.545. The average Bonchev–Trinajstić information content (AvgIpc) is 3.27. The van der Waals surface area contributed by atoms with Crippen LogP contribution >= 0.6 is 11.3 Å². The molecule has 0 unspecified atom stereocenters. The molecule has 1 aromatic carbocycles. The highest BCUT2D eigenvalue weighted by Gasteiger charge is 2.31. The number of nitrogens with zero attached hydrogens (tertiary/aromatic N) is 2. The first kappa shape index (κ1) is 21.6. The maximum absolute atomic E-state index is 12.1. The molecule has 1 aromatic heterocycles. The third-order valence-electron chi connectivity index (χ3n) is 5.30. The van der Waals surface area contributed by atoms with E-state index in [1.165, 1.54) is 5.56 Å². The number of carbonyl (C=O) groups is 1. The van der Waals surface area contributed by atoms with Crippen molar-refractivity contribution < 1.29 is 14.3 Å². The molecule has 1 amide bonds. The number of benzene rings is 1. The van der Waals surface area contributed by atoms with E-state index in [4.69, 9.17) is 9.47 Å². The molecule has 2 atom stereocenters. The van der Waals surface area contributed by atoms with Gasteiger partial charge in [-0.15, -0.1) is 11.3 Å². The lowest BCUT2D eigenvalue weighted by molar-refractivity contribution is -0.122. The van der Waals surface area contributed by atoms with Crippen molar-refractivity contribution in [1.29, 1.82) is 0 Å². The molecule has 1 fully saturated rings. The molecule has 3 rings (SSSR count). The summed E-state index contributed by atoms with van der Waals surface area (Å²) in [5.74, 6) is 1.99. The van der Waals surface area contributed by atoms with Crippen molar-refractivity contribution in [2.24, 2.45) is 5.92 Å². The van der Waals surface area contributed by atoms with Crippen LogP contribution in [0, 0.1) is 5.92 Å². The number of ether oxygens (including phenoxy) is 2. The molecule has 0 bridgehead atoms. The van der Waals surface area contributed by atoms with E-state index >= 15 is 0 Å². The summed E-state index contributed by atoms with van der Waals surface area (Å²) in [5.41, 5.74) is 1.20. The molecule has 1 aliphatic heterocycles. The summed E-state index contributed by atoms with van der Waals surface area (Å²) in [6.07, 6.45) is 4.52. The van der Waals surface area contributed by atoms with Gasteiger partial charge in [0.05, 0.1) is 19.8 Å². The van der Waals surface area contributed by atoms with Crippen LogP contribution in [0.5, 0.6) is 11.5 Å². The Bertz CT molecular complexity index is 782. The van der Waals surface area contributed by atoms with Gasteiger partial charge in [0, 0.05) is 31.1 Å². The summed E-state index contributed by atoms with van der Waals surface area (Å²) in [5, 5.41) is 6.19. The van der Waals surface area contributed by atoms with Gasteiger partial charge in [-0.3, -0.25) is 9.69 Å². The summed E-state index contributed by atoms with van der Waals surface area (Å²) in [7, 11) is 1.67. The third kappa shape index (κ3) is 5.70. The number of carbonyl (C=O) groups excluding carboxylic acids is 1. The summed E-state index contributed by atoms with van der Waals surface area (Å²) >= 11 is 1.62. The molecule has 1 aliphatic rings. The second-order valence-electron chi connectivity index (χ2n) is 7.32. The van der Waals surface area contributed by atoms with Gasteiger partial charge < -0.3 is 14.8 Å². The molecule has 6 nitrogen and oxygen atoms in total. The van der Waals surface area contributed by atoms with Crippen LogP contribution in [0.3, 0.4) is 0 Å². The van der Waals surface area contributed by atoms with Crippen molar-refractivity contribution in [3.8, 4) is 11.5 Å². The number of amides is 1. The van der Waals surface area contributed by atoms with Gasteiger partial charge in [-0.1, -0.05) is 13.0 Å². The molecule has 29 heavy (non-hydrogen) atoms. The van der Waals surface area contributed by atoms with Crippen molar-refractivity contribution in [3.05, 3.63) is 40.3 Å². The second-order valence-corrected chi connectivity index (χ2v) is 8.25. The van der Waals surface area contributed by atoms with E-state index < -0.39 is 0 Å². The fourth-order valence-corrected chi connectivity index (χ4v) is 4.68. The van der Waals surface area contributed by atoms with Crippen LogP contribution in [-0.4, -0.2) is 42.6 Å². The van der Waals surface area contributed by atoms with E-state index in [1.807, 2.05) is 31.5 Å². The van der Waals surface area contributed by atoms with Gasteiger partial charge in [0.2, 0.25) is 5.91 Å². The predicted octanol–water partition coefficient (Wildman–Crippen LogP) is 4.03. The SMILES string of the molecule is CCOc1ccc(CN2CCC[C@H]([C@@H](NC(=O)CC)c3nccs3)C2)cc1OC. The first-order chi connectivity index (χ1) is 14.1. The number of hydrogen-bond acceptors (Lipinski definition) is 6. The number of methoxy groups -OCH3 is 1. The first-order valence-corrected chi connectivity index (χ1v) is 11.2. The number of nitrogens with one attached hydrogen (secondary N) is 1. The van der Waals surface area contributed by atoms with Crippen LogP contribution in [0.1, 0.15) is 49.7 Å². The molecular weight excluding hydrogens is 386 g/mol. The predicted molar refractivity (Wildman–Crippen MR) is 115 cm³/mol. The molecule has 2 aromatic rings. The first-order valence-electron chi connectivity index (χ1n) is 10.3. The lowest BCUT2D eigenvalue weighted by atomic mass is 9.90. The van der Waals surface area contributed by atoms with E-state index in [2.05, 4.69) is 27.3 Å². The lowest BCUT2D eigenvalue weighted by Crippen LogP contribution is -2.42. The number of thiazole rings is 1. The van der Waals surface area contributed by atoms with Gasteiger partial charge in [-0.05, 0) is 49.9 Å². The Balaban J connectivity index is 1.70.